The van der Waals surface area contributed by atoms with Crippen molar-refractivity contribution in [1.29, 1.82) is 0 Å². The summed E-state index contributed by atoms with van der Waals surface area (Å²) in [5.74, 6) is -0.338. The van der Waals surface area contributed by atoms with Crippen molar-refractivity contribution in [3.8, 4) is 0 Å². The van der Waals surface area contributed by atoms with Crippen LogP contribution in [0, 0.1) is 5.92 Å². The van der Waals surface area contributed by atoms with Gasteiger partial charge in [0.25, 0.3) is 0 Å². The van der Waals surface area contributed by atoms with E-state index in [1.54, 1.807) is 16.7 Å². The minimum atomic E-state index is -0.727. The van der Waals surface area contributed by atoms with E-state index in [9.17, 15) is 19.2 Å². The lowest BCUT2D eigenvalue weighted by molar-refractivity contribution is -0.138. The number of carbonyl (C=O) groups excluding carboxylic acids is 4. The highest BCUT2D eigenvalue weighted by Gasteiger charge is 2.32. The average molecular weight is 499 g/mol. The van der Waals surface area contributed by atoms with Crippen LogP contribution in [0.2, 0.25) is 0 Å². The molecule has 11 nitrogen and oxygen atoms in total. The van der Waals surface area contributed by atoms with Crippen LogP contribution >= 0.6 is 0 Å². The summed E-state index contributed by atoms with van der Waals surface area (Å²) in [6.07, 6.45) is 4.89. The fourth-order valence-corrected chi connectivity index (χ4v) is 4.02. The molecular formula is C24H46N6O5. The summed E-state index contributed by atoms with van der Waals surface area (Å²) in [6.45, 7) is 10.7. The Bertz CT molecular complexity index is 667. The van der Waals surface area contributed by atoms with Crippen LogP contribution in [0.5, 0.6) is 0 Å². The molecule has 0 aromatic carbocycles. The van der Waals surface area contributed by atoms with Crippen LogP contribution in [-0.4, -0.2) is 91.7 Å². The Balaban J connectivity index is 2.77. The van der Waals surface area contributed by atoms with Gasteiger partial charge in [-0.05, 0) is 38.6 Å². The standard InChI is InChI=1S/C24H46N6O5/c1-5-7-8-9-12-26-20(18(3)4)21(31)28-19(11-10-13-27-23(25)33)22(32)29-14-16-30(17-15-29)24(34)35-6-2/h18-20,26H,5-17H2,1-4H3,(H,28,31)(H3,25,27,33)/t19-,20-/m0/s1. The van der Waals surface area contributed by atoms with Crippen LogP contribution in [0.3, 0.4) is 0 Å². The maximum absolute atomic E-state index is 13.3. The van der Waals surface area contributed by atoms with Crippen LogP contribution in [0.1, 0.15) is 66.2 Å². The van der Waals surface area contributed by atoms with Crippen molar-refractivity contribution in [3.63, 3.8) is 0 Å². The second-order valence-electron chi connectivity index (χ2n) is 9.24. The third-order valence-corrected chi connectivity index (χ3v) is 6.04. The van der Waals surface area contributed by atoms with Crippen LogP contribution < -0.4 is 21.7 Å². The van der Waals surface area contributed by atoms with Gasteiger partial charge in [0.05, 0.1) is 12.6 Å². The Labute approximate surface area is 209 Å². The number of rotatable bonds is 15. The summed E-state index contributed by atoms with van der Waals surface area (Å²) in [7, 11) is 0. The minimum absolute atomic E-state index is 0.0570. The molecule has 1 saturated heterocycles. The van der Waals surface area contributed by atoms with Crippen molar-refractivity contribution in [3.05, 3.63) is 0 Å². The third kappa shape index (κ3) is 11.6. The number of hydrogen-bond acceptors (Lipinski definition) is 6. The van der Waals surface area contributed by atoms with Crippen LogP contribution in [-0.2, 0) is 14.3 Å². The Hall–Kier alpha value is -2.56. The average Bonchev–Trinajstić information content (AvgIpc) is 2.82. The van der Waals surface area contributed by atoms with E-state index >= 15 is 0 Å². The minimum Gasteiger partial charge on any atom is -0.450 e. The number of nitrogens with two attached hydrogens (primary N) is 1. The molecule has 1 aliphatic rings. The molecule has 2 atom stereocenters. The van der Waals surface area contributed by atoms with Gasteiger partial charge in [-0.3, -0.25) is 9.59 Å². The fourth-order valence-electron chi connectivity index (χ4n) is 4.02. The van der Waals surface area contributed by atoms with Gasteiger partial charge in [0.2, 0.25) is 11.8 Å². The first-order chi connectivity index (χ1) is 16.7. The number of unbranched alkanes of at least 4 members (excludes halogenated alkanes) is 3. The Kier molecular flexibility index (Phi) is 14.8. The van der Waals surface area contributed by atoms with Gasteiger partial charge in [-0.15, -0.1) is 0 Å². The van der Waals surface area contributed by atoms with E-state index in [0.29, 0.717) is 52.2 Å². The molecule has 0 aromatic heterocycles. The monoisotopic (exact) mass is 498 g/mol. The maximum Gasteiger partial charge on any atom is 0.409 e. The zero-order valence-corrected chi connectivity index (χ0v) is 21.9. The molecule has 0 saturated carbocycles. The zero-order chi connectivity index (χ0) is 26.2. The van der Waals surface area contributed by atoms with Crippen LogP contribution in [0.15, 0.2) is 0 Å². The molecule has 11 heteroatoms. The van der Waals surface area contributed by atoms with E-state index in [1.807, 2.05) is 13.8 Å². The zero-order valence-electron chi connectivity index (χ0n) is 21.9. The Morgan fingerprint density at radius 2 is 1.57 bits per heavy atom. The fraction of sp³-hybridized carbons (Fsp3) is 0.833. The molecule has 0 aliphatic carbocycles. The van der Waals surface area contributed by atoms with E-state index in [4.69, 9.17) is 10.5 Å². The van der Waals surface area contributed by atoms with Crippen molar-refractivity contribution in [2.24, 2.45) is 11.7 Å². The molecule has 0 unspecified atom stereocenters. The first-order valence-electron chi connectivity index (χ1n) is 13.0. The number of ether oxygens (including phenoxy) is 1. The topological polar surface area (TPSA) is 146 Å². The van der Waals surface area contributed by atoms with E-state index in [2.05, 4.69) is 22.9 Å². The number of amides is 5. The van der Waals surface area contributed by atoms with Crippen molar-refractivity contribution in [2.45, 2.75) is 78.3 Å². The predicted molar refractivity (Wildman–Crippen MR) is 135 cm³/mol. The van der Waals surface area contributed by atoms with Gasteiger partial charge in [0, 0.05) is 32.7 Å². The lowest BCUT2D eigenvalue weighted by atomic mass is 10.0. The summed E-state index contributed by atoms with van der Waals surface area (Å²) in [6, 6.07) is -1.76. The molecule has 1 rings (SSSR count). The van der Waals surface area contributed by atoms with Crippen molar-refractivity contribution in [2.75, 3.05) is 45.9 Å². The normalized spacial score (nSPS) is 15.5. The summed E-state index contributed by atoms with van der Waals surface area (Å²) in [4.78, 5) is 52.7. The summed E-state index contributed by atoms with van der Waals surface area (Å²) in [5.41, 5.74) is 5.13. The summed E-state index contributed by atoms with van der Waals surface area (Å²) in [5, 5.41) is 8.81. The number of carbonyl (C=O) groups is 4. The van der Waals surface area contributed by atoms with Gasteiger partial charge < -0.3 is 36.2 Å². The van der Waals surface area contributed by atoms with Crippen LogP contribution in [0.25, 0.3) is 0 Å². The van der Waals surface area contributed by atoms with E-state index in [0.717, 1.165) is 25.8 Å². The lowest BCUT2D eigenvalue weighted by Gasteiger charge is -2.36. The first kappa shape index (κ1) is 30.5. The number of primary amides is 1. The molecule has 1 heterocycles. The first-order valence-corrected chi connectivity index (χ1v) is 13.0. The number of piperazine rings is 1. The molecule has 0 radical (unpaired) electrons. The predicted octanol–water partition coefficient (Wildman–Crippen LogP) is 1.41. The number of hydrogen-bond donors (Lipinski definition) is 4. The molecule has 5 amide bonds. The highest BCUT2D eigenvalue weighted by atomic mass is 16.6. The molecule has 35 heavy (non-hydrogen) atoms. The van der Waals surface area contributed by atoms with Gasteiger partial charge >= 0.3 is 12.1 Å². The van der Waals surface area contributed by atoms with Crippen molar-refractivity contribution in [1.82, 2.24) is 25.8 Å². The second-order valence-corrected chi connectivity index (χ2v) is 9.24. The molecule has 0 aromatic rings. The van der Waals surface area contributed by atoms with E-state index < -0.39 is 18.1 Å². The molecular weight excluding hydrogens is 452 g/mol. The molecule has 202 valence electrons. The van der Waals surface area contributed by atoms with E-state index in [1.165, 1.54) is 6.42 Å². The number of nitrogens with zero attached hydrogens (tertiary/aromatic N) is 2. The molecule has 1 aliphatic heterocycles. The molecule has 0 spiro atoms. The van der Waals surface area contributed by atoms with Gasteiger partial charge in [-0.1, -0.05) is 40.0 Å². The lowest BCUT2D eigenvalue weighted by Crippen LogP contribution is -2.58. The Morgan fingerprint density at radius 3 is 2.14 bits per heavy atom. The second kappa shape index (κ2) is 17.0. The van der Waals surface area contributed by atoms with Gasteiger partial charge in [0.1, 0.15) is 6.04 Å². The maximum atomic E-state index is 13.3. The summed E-state index contributed by atoms with van der Waals surface area (Å²) >= 11 is 0. The van der Waals surface area contributed by atoms with Crippen molar-refractivity contribution < 1.29 is 23.9 Å². The highest BCUT2D eigenvalue weighted by molar-refractivity contribution is 5.90. The smallest absolute Gasteiger partial charge is 0.409 e. The summed E-state index contributed by atoms with van der Waals surface area (Å²) < 4.78 is 5.04. The Morgan fingerprint density at radius 1 is 0.914 bits per heavy atom. The highest BCUT2D eigenvalue weighted by Crippen LogP contribution is 2.11. The molecule has 0 bridgehead atoms. The number of urea groups is 1. The largest absolute Gasteiger partial charge is 0.450 e. The third-order valence-electron chi connectivity index (χ3n) is 6.04. The van der Waals surface area contributed by atoms with Gasteiger partial charge in [0.15, 0.2) is 0 Å². The van der Waals surface area contributed by atoms with E-state index in [-0.39, 0.29) is 23.8 Å². The SMILES string of the molecule is CCCCCCN[C@H](C(=O)N[C@@H](CCCNC(N)=O)C(=O)N1CCN(C(=O)OCC)CC1)C(C)C. The van der Waals surface area contributed by atoms with Crippen molar-refractivity contribution >= 4 is 23.9 Å². The molecule has 5 N–H and O–H groups in total. The van der Waals surface area contributed by atoms with Gasteiger partial charge in [-0.25, -0.2) is 9.59 Å². The van der Waals surface area contributed by atoms with Gasteiger partial charge in [-0.2, -0.15) is 0 Å². The number of nitrogens with one attached hydrogen (secondary N) is 3. The van der Waals surface area contributed by atoms with Crippen LogP contribution in [0.4, 0.5) is 9.59 Å². The quantitative estimate of drug-likeness (QED) is 0.251. The molecule has 1 fully saturated rings.